The number of aromatic nitrogens is 2. The van der Waals surface area contributed by atoms with Gasteiger partial charge in [0.25, 0.3) is 0 Å². The Morgan fingerprint density at radius 1 is 0.864 bits per heavy atom. The zero-order valence-electron chi connectivity index (χ0n) is 32.8. The fourth-order valence-corrected chi connectivity index (χ4v) is 9.03. The number of hydrogen-bond acceptors (Lipinski definition) is 11. The van der Waals surface area contributed by atoms with E-state index in [1.807, 2.05) is 0 Å². The Kier molecular flexibility index (Phi) is 12.2. The van der Waals surface area contributed by atoms with E-state index in [0.29, 0.717) is 93.5 Å². The van der Waals surface area contributed by atoms with Crippen LogP contribution in [0, 0.1) is 17.6 Å². The molecule has 5 heterocycles. The Morgan fingerprint density at radius 3 is 2.42 bits per heavy atom. The van der Waals surface area contributed by atoms with Crippen LogP contribution in [0.25, 0.3) is 11.3 Å². The van der Waals surface area contributed by atoms with Gasteiger partial charge in [0.05, 0.1) is 25.0 Å². The highest BCUT2D eigenvalue weighted by Gasteiger charge is 2.37. The molecule has 3 unspecified atom stereocenters. The van der Waals surface area contributed by atoms with Crippen molar-refractivity contribution in [1.82, 2.24) is 25.5 Å². The van der Waals surface area contributed by atoms with E-state index in [-0.39, 0.29) is 54.5 Å². The summed E-state index contributed by atoms with van der Waals surface area (Å²) < 4.78 is 51.0. The molecular formula is C42H50F3N9O5. The fraction of sp³-hybridized carbons (Fsp3) is 0.524. The number of likely N-dealkylation sites (tertiary alicyclic amines) is 1. The van der Waals surface area contributed by atoms with Gasteiger partial charge in [0.15, 0.2) is 5.82 Å². The first-order valence-corrected chi connectivity index (χ1v) is 20.7. The summed E-state index contributed by atoms with van der Waals surface area (Å²) in [6.07, 6.45) is 5.59. The van der Waals surface area contributed by atoms with Crippen molar-refractivity contribution in [3.63, 3.8) is 0 Å². The monoisotopic (exact) mass is 817 g/mol. The van der Waals surface area contributed by atoms with Crippen LogP contribution in [0.5, 0.6) is 0 Å². The lowest BCUT2D eigenvalue weighted by molar-refractivity contribution is -0.133. The summed E-state index contributed by atoms with van der Waals surface area (Å²) in [5.41, 5.74) is 1.98. The van der Waals surface area contributed by atoms with E-state index in [9.17, 15) is 23.6 Å². The second kappa shape index (κ2) is 17.8. The highest BCUT2D eigenvalue weighted by Crippen LogP contribution is 2.32. The van der Waals surface area contributed by atoms with Crippen molar-refractivity contribution in [3.05, 3.63) is 60.3 Å². The van der Waals surface area contributed by atoms with Crippen LogP contribution < -0.4 is 31.1 Å². The number of nitrogens with zero attached hydrogens (tertiary/aromatic N) is 5. The molecule has 0 bridgehead atoms. The molecular weight excluding hydrogens is 768 g/mol. The maximum absolute atomic E-state index is 15.7. The number of imide groups is 1. The van der Waals surface area contributed by atoms with Crippen molar-refractivity contribution in [1.29, 1.82) is 0 Å². The molecule has 3 aromatic rings. The summed E-state index contributed by atoms with van der Waals surface area (Å²) in [6.45, 7) is 2.79. The molecule has 4 N–H and O–H groups in total. The molecule has 5 fully saturated rings. The maximum Gasteiger partial charge on any atom is 0.414 e. The van der Waals surface area contributed by atoms with E-state index in [1.54, 1.807) is 41.3 Å². The van der Waals surface area contributed by atoms with Crippen LogP contribution in [-0.4, -0.2) is 108 Å². The van der Waals surface area contributed by atoms with Gasteiger partial charge in [-0.15, -0.1) is 0 Å². The molecule has 1 saturated carbocycles. The topological polar surface area (TPSA) is 161 Å². The van der Waals surface area contributed by atoms with Crippen molar-refractivity contribution in [2.75, 3.05) is 59.8 Å². The number of piperidine rings is 3. The van der Waals surface area contributed by atoms with Crippen LogP contribution >= 0.6 is 0 Å². The van der Waals surface area contributed by atoms with E-state index in [2.05, 4.69) is 36.1 Å². The number of hydrogen-bond donors (Lipinski definition) is 4. The van der Waals surface area contributed by atoms with E-state index >= 15 is 8.78 Å². The molecule has 14 nitrogen and oxygen atoms in total. The number of amides is 4. The molecule has 4 saturated heterocycles. The van der Waals surface area contributed by atoms with Crippen LogP contribution in [0.1, 0.15) is 64.2 Å². The number of benzene rings is 2. The number of alkyl halides is 1. The smallest absolute Gasteiger partial charge is 0.414 e. The Hall–Kier alpha value is -5.45. The van der Waals surface area contributed by atoms with E-state index in [0.717, 1.165) is 31.9 Å². The standard InChI is InChI=1S/C42H50F3N9O5/c43-31-22-29(47-34-10-12-37(55)50-40(34)57)9-11-35(31)53-19-15-36(33(45)24-53)52-17-13-28(14-18-52)48-39(56)25-5-7-27(8-6-25)49-41-46-23-32(44)38(51-41)26-3-1-4-30(21-26)54-16-2-20-59-42(54)58/h1,3-4,9,11,21-23,25,27-28,33-34,36,47H,2,5-8,10,12-20,24H2,(H,48,56)(H,46,49,51)(H,50,55,57)/t25-,27-,33?,34?,36?. The number of halogens is 3. The number of anilines is 4. The molecule has 5 aliphatic rings. The predicted octanol–water partition coefficient (Wildman–Crippen LogP) is 5.15. The SMILES string of the molecule is O=C1CCC(Nc2ccc(N3CCC(N4CCC(NC(=O)[C@H]5CC[C@H](Nc6ncc(F)c(-c7cccc(N8CCCOC8=O)c7)n6)CC5)CC4)C(F)C3)c(F)c2)C(=O)N1. The Bertz CT molecular complexity index is 2040. The zero-order valence-corrected chi connectivity index (χ0v) is 32.8. The van der Waals surface area contributed by atoms with Gasteiger partial charge < -0.3 is 25.6 Å². The van der Waals surface area contributed by atoms with Gasteiger partial charge in [0.1, 0.15) is 23.7 Å². The van der Waals surface area contributed by atoms with Gasteiger partial charge in [0.2, 0.25) is 23.7 Å². The van der Waals surface area contributed by atoms with Crippen LogP contribution in [-0.2, 0) is 19.1 Å². The minimum atomic E-state index is -1.18. The largest absolute Gasteiger partial charge is 0.449 e. The number of ether oxygens (including phenoxy) is 1. The molecule has 1 aliphatic carbocycles. The molecule has 1 aromatic heterocycles. The van der Waals surface area contributed by atoms with Crippen LogP contribution in [0.4, 0.5) is 41.0 Å². The Labute approximate surface area is 340 Å². The molecule has 8 rings (SSSR count). The average molecular weight is 818 g/mol. The van der Waals surface area contributed by atoms with Gasteiger partial charge in [-0.2, -0.15) is 0 Å². The molecule has 4 aliphatic heterocycles. The molecule has 314 valence electrons. The molecule has 0 radical (unpaired) electrons. The quantitative estimate of drug-likeness (QED) is 0.200. The third kappa shape index (κ3) is 9.40. The third-order valence-corrected chi connectivity index (χ3v) is 12.3. The molecule has 59 heavy (non-hydrogen) atoms. The van der Waals surface area contributed by atoms with Gasteiger partial charge >= 0.3 is 6.09 Å². The van der Waals surface area contributed by atoms with Crippen molar-refractivity contribution in [2.45, 2.75) is 94.5 Å². The van der Waals surface area contributed by atoms with Crippen molar-refractivity contribution in [2.24, 2.45) is 5.92 Å². The summed E-state index contributed by atoms with van der Waals surface area (Å²) in [6, 6.07) is 10.7. The summed E-state index contributed by atoms with van der Waals surface area (Å²) in [5.74, 6) is -1.63. The van der Waals surface area contributed by atoms with Gasteiger partial charge in [-0.25, -0.2) is 27.9 Å². The summed E-state index contributed by atoms with van der Waals surface area (Å²) in [7, 11) is 0. The van der Waals surface area contributed by atoms with E-state index in [4.69, 9.17) is 4.74 Å². The molecule has 17 heteroatoms. The first-order chi connectivity index (χ1) is 28.6. The van der Waals surface area contributed by atoms with Crippen LogP contribution in [0.2, 0.25) is 0 Å². The highest BCUT2D eigenvalue weighted by molar-refractivity contribution is 6.01. The first kappa shape index (κ1) is 40.3. The van der Waals surface area contributed by atoms with E-state index < -0.39 is 35.8 Å². The zero-order chi connectivity index (χ0) is 41.0. The predicted molar refractivity (Wildman–Crippen MR) is 215 cm³/mol. The van der Waals surface area contributed by atoms with Gasteiger partial charge in [-0.3, -0.25) is 29.5 Å². The fourth-order valence-electron chi connectivity index (χ4n) is 9.03. The lowest BCUT2D eigenvalue weighted by atomic mass is 9.85. The lowest BCUT2D eigenvalue weighted by Gasteiger charge is -2.44. The second-order valence-electron chi connectivity index (χ2n) is 16.2. The molecule has 4 amide bonds. The average Bonchev–Trinajstić information content (AvgIpc) is 3.23. The summed E-state index contributed by atoms with van der Waals surface area (Å²) in [4.78, 5) is 63.2. The van der Waals surface area contributed by atoms with Crippen LogP contribution in [0.15, 0.2) is 48.7 Å². The third-order valence-electron chi connectivity index (χ3n) is 12.3. The number of carbonyl (C=O) groups is 4. The van der Waals surface area contributed by atoms with Crippen molar-refractivity contribution >= 4 is 46.8 Å². The Balaban J connectivity index is 0.766. The normalized spacial score (nSPS) is 25.9. The van der Waals surface area contributed by atoms with Gasteiger partial charge in [0, 0.05) is 73.6 Å². The molecule has 3 atom stereocenters. The molecule has 2 aromatic carbocycles. The lowest BCUT2D eigenvalue weighted by Crippen LogP contribution is -2.56. The number of rotatable bonds is 10. The van der Waals surface area contributed by atoms with Crippen molar-refractivity contribution in [3.8, 4) is 11.3 Å². The highest BCUT2D eigenvalue weighted by atomic mass is 19.1. The minimum absolute atomic E-state index is 0.0132. The van der Waals surface area contributed by atoms with E-state index in [1.165, 1.54) is 11.0 Å². The molecule has 0 spiro atoms. The maximum atomic E-state index is 15.7. The summed E-state index contributed by atoms with van der Waals surface area (Å²) in [5, 5.41) is 11.8. The Morgan fingerprint density at radius 2 is 1.68 bits per heavy atom. The first-order valence-electron chi connectivity index (χ1n) is 20.7. The van der Waals surface area contributed by atoms with Crippen molar-refractivity contribution < 1.29 is 37.1 Å². The minimum Gasteiger partial charge on any atom is -0.449 e. The van der Waals surface area contributed by atoms with Gasteiger partial charge in [-0.1, -0.05) is 12.1 Å². The number of carbonyl (C=O) groups excluding carboxylic acids is 4. The summed E-state index contributed by atoms with van der Waals surface area (Å²) >= 11 is 0. The number of cyclic esters (lactones) is 1. The number of nitrogens with one attached hydrogen (secondary N) is 4. The van der Waals surface area contributed by atoms with Gasteiger partial charge in [-0.05, 0) is 88.1 Å². The second-order valence-corrected chi connectivity index (χ2v) is 16.2. The van der Waals surface area contributed by atoms with Crippen LogP contribution in [0.3, 0.4) is 0 Å².